The fraction of sp³-hybridized carbons (Fsp3) is 0.182. The van der Waals surface area contributed by atoms with Crippen molar-refractivity contribution in [2.45, 2.75) is 26.2 Å². The van der Waals surface area contributed by atoms with E-state index < -0.39 is 0 Å². The molecule has 3 aromatic carbocycles. The van der Waals surface area contributed by atoms with Crippen LogP contribution in [0, 0.1) is 0 Å². The normalized spacial score (nSPS) is 11.4. The Kier molecular flexibility index (Phi) is 4.13. The molecule has 23 heavy (non-hydrogen) atoms. The zero-order valence-electron chi connectivity index (χ0n) is 14.4. The average molecular weight is 298 g/mol. The quantitative estimate of drug-likeness (QED) is 0.608. The molecular formula is C22H23B. The zero-order chi connectivity index (χ0) is 16.4. The Labute approximate surface area is 140 Å². The first-order valence-corrected chi connectivity index (χ1v) is 8.23. The van der Waals surface area contributed by atoms with Crippen molar-refractivity contribution in [2.24, 2.45) is 0 Å². The summed E-state index contributed by atoms with van der Waals surface area (Å²) in [5.41, 5.74) is 8.08. The Bertz CT molecular complexity index is 736. The van der Waals surface area contributed by atoms with E-state index >= 15 is 0 Å². The smallest absolute Gasteiger partial charge is 0.0736 e. The number of benzene rings is 3. The van der Waals surface area contributed by atoms with E-state index in [1.807, 2.05) is 0 Å². The molecule has 0 heterocycles. The van der Waals surface area contributed by atoms with Gasteiger partial charge in [0.1, 0.15) is 7.85 Å². The van der Waals surface area contributed by atoms with Crippen LogP contribution in [0.15, 0.2) is 72.8 Å². The van der Waals surface area contributed by atoms with Crippen LogP contribution in [0.25, 0.3) is 22.3 Å². The van der Waals surface area contributed by atoms with Gasteiger partial charge in [-0.05, 0) is 33.2 Å². The van der Waals surface area contributed by atoms with Gasteiger partial charge in [-0.25, -0.2) is 0 Å². The van der Waals surface area contributed by atoms with Crippen LogP contribution in [0.1, 0.15) is 26.3 Å². The molecule has 1 heteroatoms. The fourth-order valence-electron chi connectivity index (χ4n) is 2.98. The molecule has 0 radical (unpaired) electrons. The van der Waals surface area contributed by atoms with Gasteiger partial charge in [0, 0.05) is 0 Å². The lowest BCUT2D eigenvalue weighted by Crippen LogP contribution is -2.17. The third-order valence-electron chi connectivity index (χ3n) is 4.44. The van der Waals surface area contributed by atoms with Gasteiger partial charge in [0.15, 0.2) is 0 Å². The van der Waals surface area contributed by atoms with Gasteiger partial charge in [-0.1, -0.05) is 99.0 Å². The standard InChI is InChI=1S/C22H23B/c1-22(2,3)18-14-19(16-10-6-4-7-11-16)21(23)20(15-18)17-12-8-5-9-13-17/h4-15H,23H2,1-3H3. The summed E-state index contributed by atoms with van der Waals surface area (Å²) in [6, 6.07) is 26.1. The fourth-order valence-corrected chi connectivity index (χ4v) is 2.98. The van der Waals surface area contributed by atoms with Crippen LogP contribution in [0.5, 0.6) is 0 Å². The highest BCUT2D eigenvalue weighted by atomic mass is 14.2. The van der Waals surface area contributed by atoms with Gasteiger partial charge < -0.3 is 0 Å². The average Bonchev–Trinajstić information content (AvgIpc) is 2.55. The minimum absolute atomic E-state index is 0.126. The molecule has 0 saturated carbocycles. The SMILES string of the molecule is Bc1c(-c2ccccc2)cc(C(C)(C)C)cc1-c1ccccc1. The Balaban J connectivity index is 2.28. The van der Waals surface area contributed by atoms with Crippen molar-refractivity contribution in [3.05, 3.63) is 78.4 Å². The molecule has 0 bridgehead atoms. The summed E-state index contributed by atoms with van der Waals surface area (Å²) in [5.74, 6) is 0. The second-order valence-electron chi connectivity index (χ2n) is 7.18. The van der Waals surface area contributed by atoms with Gasteiger partial charge >= 0.3 is 0 Å². The van der Waals surface area contributed by atoms with E-state index in [1.54, 1.807) is 0 Å². The third-order valence-corrected chi connectivity index (χ3v) is 4.44. The van der Waals surface area contributed by atoms with Gasteiger partial charge in [-0.2, -0.15) is 0 Å². The molecule has 0 fully saturated rings. The molecule has 3 aromatic rings. The van der Waals surface area contributed by atoms with Gasteiger partial charge in [0.25, 0.3) is 0 Å². The molecule has 0 aliphatic heterocycles. The lowest BCUT2D eigenvalue weighted by Gasteiger charge is -2.24. The van der Waals surface area contributed by atoms with Crippen molar-refractivity contribution in [1.82, 2.24) is 0 Å². The van der Waals surface area contributed by atoms with Gasteiger partial charge in [-0.15, -0.1) is 0 Å². The third kappa shape index (κ3) is 3.24. The van der Waals surface area contributed by atoms with E-state index in [-0.39, 0.29) is 5.41 Å². The lowest BCUT2D eigenvalue weighted by molar-refractivity contribution is 0.591. The van der Waals surface area contributed by atoms with Gasteiger partial charge in [0.05, 0.1) is 0 Å². The summed E-state index contributed by atoms with van der Waals surface area (Å²) in [4.78, 5) is 0. The summed E-state index contributed by atoms with van der Waals surface area (Å²) in [6.45, 7) is 6.84. The summed E-state index contributed by atoms with van der Waals surface area (Å²) < 4.78 is 0. The molecule has 0 atom stereocenters. The van der Waals surface area contributed by atoms with E-state index in [9.17, 15) is 0 Å². The molecule has 0 unspecified atom stereocenters. The van der Waals surface area contributed by atoms with Crippen LogP contribution in [0.2, 0.25) is 0 Å². The van der Waals surface area contributed by atoms with Crippen molar-refractivity contribution >= 4 is 13.3 Å². The molecule has 0 aliphatic carbocycles. The Morgan fingerprint density at radius 1 is 0.652 bits per heavy atom. The minimum Gasteiger partial charge on any atom is -0.0736 e. The van der Waals surface area contributed by atoms with E-state index in [1.165, 1.54) is 33.3 Å². The summed E-state index contributed by atoms with van der Waals surface area (Å²) >= 11 is 0. The first-order valence-electron chi connectivity index (χ1n) is 8.23. The largest absolute Gasteiger partial charge is 0.140 e. The molecule has 0 aliphatic rings. The Morgan fingerprint density at radius 3 is 1.39 bits per heavy atom. The highest BCUT2D eigenvalue weighted by Gasteiger charge is 2.18. The Morgan fingerprint density at radius 2 is 1.04 bits per heavy atom. The van der Waals surface area contributed by atoms with Crippen LogP contribution in [-0.2, 0) is 5.41 Å². The first-order chi connectivity index (χ1) is 11.0. The van der Waals surface area contributed by atoms with Crippen LogP contribution in [0.3, 0.4) is 0 Å². The van der Waals surface area contributed by atoms with Gasteiger partial charge in [0.2, 0.25) is 0 Å². The molecule has 3 rings (SSSR count). The first kappa shape index (κ1) is 15.6. The van der Waals surface area contributed by atoms with Crippen LogP contribution in [0.4, 0.5) is 0 Å². The predicted octanol–water partition coefficient (Wildman–Crippen LogP) is 4.58. The van der Waals surface area contributed by atoms with Gasteiger partial charge in [-0.3, -0.25) is 0 Å². The molecular weight excluding hydrogens is 275 g/mol. The van der Waals surface area contributed by atoms with Crippen molar-refractivity contribution < 1.29 is 0 Å². The molecule has 0 N–H and O–H groups in total. The molecule has 114 valence electrons. The molecule has 0 nitrogen and oxygen atoms in total. The number of hydrogen-bond acceptors (Lipinski definition) is 0. The maximum atomic E-state index is 2.36. The van der Waals surface area contributed by atoms with Crippen LogP contribution in [-0.4, -0.2) is 7.85 Å². The van der Waals surface area contributed by atoms with Crippen LogP contribution >= 0.6 is 0 Å². The maximum absolute atomic E-state index is 2.36. The number of hydrogen-bond donors (Lipinski definition) is 0. The highest BCUT2D eigenvalue weighted by Crippen LogP contribution is 2.31. The van der Waals surface area contributed by atoms with E-state index in [4.69, 9.17) is 0 Å². The lowest BCUT2D eigenvalue weighted by atomic mass is 9.76. The predicted molar refractivity (Wildman–Crippen MR) is 104 cm³/mol. The van der Waals surface area contributed by atoms with E-state index in [2.05, 4.69) is 101 Å². The molecule has 0 amide bonds. The van der Waals surface area contributed by atoms with Crippen LogP contribution < -0.4 is 5.46 Å². The van der Waals surface area contributed by atoms with Crippen molar-refractivity contribution in [3.8, 4) is 22.3 Å². The second-order valence-corrected chi connectivity index (χ2v) is 7.18. The molecule has 0 saturated heterocycles. The van der Waals surface area contributed by atoms with E-state index in [0.717, 1.165) is 0 Å². The monoisotopic (exact) mass is 298 g/mol. The topological polar surface area (TPSA) is 0 Å². The summed E-state index contributed by atoms with van der Waals surface area (Å²) in [6.07, 6.45) is 0. The molecule has 0 spiro atoms. The van der Waals surface area contributed by atoms with Crippen molar-refractivity contribution in [1.29, 1.82) is 0 Å². The van der Waals surface area contributed by atoms with Crippen molar-refractivity contribution in [2.75, 3.05) is 0 Å². The Hall–Kier alpha value is -2.28. The summed E-state index contributed by atoms with van der Waals surface area (Å²) in [7, 11) is 2.23. The molecule has 0 aromatic heterocycles. The number of rotatable bonds is 2. The summed E-state index contributed by atoms with van der Waals surface area (Å²) in [5, 5.41) is 0. The van der Waals surface area contributed by atoms with Crippen molar-refractivity contribution in [3.63, 3.8) is 0 Å². The van der Waals surface area contributed by atoms with E-state index in [0.29, 0.717) is 0 Å². The maximum Gasteiger partial charge on any atom is 0.140 e. The second kappa shape index (κ2) is 6.08. The highest BCUT2D eigenvalue weighted by molar-refractivity contribution is 6.39. The zero-order valence-corrected chi connectivity index (χ0v) is 14.4. The minimum atomic E-state index is 0.126.